The van der Waals surface area contributed by atoms with Crippen LogP contribution < -0.4 is 5.32 Å². The van der Waals surface area contributed by atoms with Gasteiger partial charge in [-0.15, -0.1) is 5.17 Å². The van der Waals surface area contributed by atoms with Gasteiger partial charge < -0.3 is 5.32 Å². The molecule has 11 heteroatoms. The third-order valence-electron chi connectivity index (χ3n) is 6.35. The molecule has 0 saturated carbocycles. The lowest BCUT2D eigenvalue weighted by Crippen LogP contribution is -2.53. The summed E-state index contributed by atoms with van der Waals surface area (Å²) in [5.74, 6) is -0.695. The molecule has 0 spiro atoms. The molecule has 2 aromatic carbocycles. The zero-order chi connectivity index (χ0) is 25.4. The van der Waals surface area contributed by atoms with E-state index >= 15 is 0 Å². The molecule has 0 unspecified atom stereocenters. The molecule has 1 aliphatic heterocycles. The van der Waals surface area contributed by atoms with Gasteiger partial charge in [0.25, 0.3) is 0 Å². The quantitative estimate of drug-likeness (QED) is 0.401. The monoisotopic (exact) mass is 493 g/mol. The summed E-state index contributed by atoms with van der Waals surface area (Å²) in [7, 11) is 1.40. The van der Waals surface area contributed by atoms with E-state index in [1.807, 2.05) is 0 Å². The minimum Gasteiger partial charge on any atom is -0.316 e. The lowest BCUT2D eigenvalue weighted by Gasteiger charge is -2.43. The van der Waals surface area contributed by atoms with Crippen LogP contribution in [0.4, 0.5) is 30.7 Å². The highest BCUT2D eigenvalue weighted by molar-refractivity contribution is 5.35. The SMILES string of the molecule is Cc1cc(F)ccc1[C@H]1CNCC[C@@H]1N(O)N(C)[C@@H](C)c1cc(C(F)(F)F)cc(C(F)(F)F)c1. The van der Waals surface area contributed by atoms with Crippen LogP contribution in [-0.2, 0) is 12.4 Å². The molecular formula is C23H26F7N3O. The second kappa shape index (κ2) is 9.80. The number of nitrogens with zero attached hydrogens (tertiary/aromatic N) is 2. The molecule has 34 heavy (non-hydrogen) atoms. The Balaban J connectivity index is 1.93. The molecule has 3 atom stereocenters. The summed E-state index contributed by atoms with van der Waals surface area (Å²) in [4.78, 5) is 0. The number of piperidine rings is 1. The van der Waals surface area contributed by atoms with E-state index in [9.17, 15) is 35.9 Å². The third-order valence-corrected chi connectivity index (χ3v) is 6.35. The molecule has 2 N–H and O–H groups in total. The van der Waals surface area contributed by atoms with Gasteiger partial charge in [-0.1, -0.05) is 6.07 Å². The van der Waals surface area contributed by atoms with E-state index in [1.54, 1.807) is 13.0 Å². The Hall–Kier alpha value is -2.21. The van der Waals surface area contributed by atoms with E-state index in [1.165, 1.54) is 31.1 Å². The minimum atomic E-state index is -4.96. The van der Waals surface area contributed by atoms with Crippen molar-refractivity contribution in [2.75, 3.05) is 20.1 Å². The first kappa shape index (κ1) is 26.4. The van der Waals surface area contributed by atoms with Crippen molar-refractivity contribution in [3.05, 3.63) is 70.0 Å². The summed E-state index contributed by atoms with van der Waals surface area (Å²) >= 11 is 0. The average Bonchev–Trinajstić information content (AvgIpc) is 2.76. The van der Waals surface area contributed by atoms with Crippen molar-refractivity contribution in [1.82, 2.24) is 15.5 Å². The number of benzene rings is 2. The zero-order valence-electron chi connectivity index (χ0n) is 18.8. The number of hydrazine groups is 1. The highest BCUT2D eigenvalue weighted by atomic mass is 19.4. The molecule has 0 aliphatic carbocycles. The standard InChI is InChI=1S/C23H26F7N3O/c1-13-8-18(24)4-5-19(13)20-12-31-7-6-21(20)33(34)32(3)14(2)15-9-16(22(25,26)27)11-17(10-15)23(28,29)30/h4-5,8-11,14,20-21,31,34H,6-7,12H2,1-3H3/t14-,20+,21-/m0/s1. The molecule has 2 aromatic rings. The van der Waals surface area contributed by atoms with Gasteiger partial charge in [0.2, 0.25) is 0 Å². The van der Waals surface area contributed by atoms with E-state index in [-0.39, 0.29) is 17.5 Å². The number of rotatable bonds is 5. The summed E-state index contributed by atoms with van der Waals surface area (Å²) in [6.45, 7) is 4.15. The first-order valence-electron chi connectivity index (χ1n) is 10.7. The van der Waals surface area contributed by atoms with Crippen molar-refractivity contribution in [2.45, 2.75) is 50.6 Å². The molecule has 3 rings (SSSR count). The van der Waals surface area contributed by atoms with Gasteiger partial charge in [-0.3, -0.25) is 5.21 Å². The molecule has 0 bridgehead atoms. The number of halogens is 7. The van der Waals surface area contributed by atoms with Gasteiger partial charge in [-0.25, -0.2) is 9.40 Å². The highest BCUT2D eigenvalue weighted by Crippen LogP contribution is 2.39. The maximum Gasteiger partial charge on any atom is 0.416 e. The van der Waals surface area contributed by atoms with Crippen LogP contribution in [0.3, 0.4) is 0 Å². The number of hydrogen-bond acceptors (Lipinski definition) is 4. The Bertz CT molecular complexity index is 977. The van der Waals surface area contributed by atoms with Crippen LogP contribution in [-0.4, -0.2) is 41.6 Å². The smallest absolute Gasteiger partial charge is 0.316 e. The van der Waals surface area contributed by atoms with E-state index in [0.717, 1.165) is 10.7 Å². The predicted molar refractivity (Wildman–Crippen MR) is 111 cm³/mol. The summed E-state index contributed by atoms with van der Waals surface area (Å²) in [6.07, 6.45) is -9.48. The molecule has 0 radical (unpaired) electrons. The number of hydroxylamine groups is 1. The van der Waals surface area contributed by atoms with Gasteiger partial charge in [-0.2, -0.15) is 26.3 Å². The maximum absolute atomic E-state index is 13.6. The Morgan fingerprint density at radius 2 is 1.59 bits per heavy atom. The molecule has 0 aromatic heterocycles. The third kappa shape index (κ3) is 5.70. The molecule has 1 heterocycles. The normalized spacial score (nSPS) is 20.7. The van der Waals surface area contributed by atoms with E-state index in [0.29, 0.717) is 37.2 Å². The average molecular weight is 493 g/mol. The number of aryl methyl sites for hydroxylation is 1. The van der Waals surface area contributed by atoms with Crippen LogP contribution in [0.1, 0.15) is 53.1 Å². The number of hydrogen-bond donors (Lipinski definition) is 2. The Kier molecular flexibility index (Phi) is 7.61. The number of nitrogens with one attached hydrogen (secondary N) is 1. The number of alkyl halides is 6. The van der Waals surface area contributed by atoms with Crippen LogP contribution in [0.15, 0.2) is 36.4 Å². The summed E-state index contributed by atoms with van der Waals surface area (Å²) in [6, 6.07) is 4.15. The first-order chi connectivity index (χ1) is 15.7. The Morgan fingerprint density at radius 1 is 1.00 bits per heavy atom. The molecule has 1 saturated heterocycles. The lowest BCUT2D eigenvalue weighted by atomic mass is 9.84. The van der Waals surface area contributed by atoms with Crippen LogP contribution >= 0.6 is 0 Å². The van der Waals surface area contributed by atoms with Gasteiger partial charge in [-0.05, 0) is 73.8 Å². The van der Waals surface area contributed by atoms with Crippen LogP contribution in [0.2, 0.25) is 0 Å². The van der Waals surface area contributed by atoms with Crippen LogP contribution in [0.25, 0.3) is 0 Å². The van der Waals surface area contributed by atoms with Crippen molar-refractivity contribution >= 4 is 0 Å². The van der Waals surface area contributed by atoms with Gasteiger partial charge in [0.1, 0.15) is 5.82 Å². The summed E-state index contributed by atoms with van der Waals surface area (Å²) in [5.41, 5.74) is -1.60. The lowest BCUT2D eigenvalue weighted by molar-refractivity contribution is -0.282. The Labute approximate surface area is 192 Å². The fraction of sp³-hybridized carbons (Fsp3) is 0.478. The van der Waals surface area contributed by atoms with Gasteiger partial charge in [0.05, 0.1) is 17.2 Å². The van der Waals surface area contributed by atoms with Gasteiger partial charge in [0, 0.05) is 25.6 Å². The molecule has 1 aliphatic rings. The van der Waals surface area contributed by atoms with Crippen molar-refractivity contribution < 1.29 is 35.9 Å². The van der Waals surface area contributed by atoms with Crippen LogP contribution in [0.5, 0.6) is 0 Å². The minimum absolute atomic E-state index is 0.0765. The van der Waals surface area contributed by atoms with Gasteiger partial charge in [0.15, 0.2) is 0 Å². The Morgan fingerprint density at radius 3 is 2.12 bits per heavy atom. The van der Waals surface area contributed by atoms with E-state index in [4.69, 9.17) is 0 Å². The second-order valence-corrected chi connectivity index (χ2v) is 8.58. The highest BCUT2D eigenvalue weighted by Gasteiger charge is 2.39. The molecule has 1 fully saturated rings. The molecular weight excluding hydrogens is 467 g/mol. The topological polar surface area (TPSA) is 38.7 Å². The van der Waals surface area contributed by atoms with E-state index < -0.39 is 41.4 Å². The maximum atomic E-state index is 13.6. The van der Waals surface area contributed by atoms with Crippen molar-refractivity contribution in [3.63, 3.8) is 0 Å². The molecule has 4 nitrogen and oxygen atoms in total. The second-order valence-electron chi connectivity index (χ2n) is 8.58. The van der Waals surface area contributed by atoms with Gasteiger partial charge >= 0.3 is 12.4 Å². The van der Waals surface area contributed by atoms with Crippen LogP contribution in [0, 0.1) is 12.7 Å². The molecule has 0 amide bonds. The fourth-order valence-electron chi connectivity index (χ4n) is 4.34. The van der Waals surface area contributed by atoms with Crippen molar-refractivity contribution in [1.29, 1.82) is 0 Å². The first-order valence-corrected chi connectivity index (χ1v) is 10.7. The fourth-order valence-corrected chi connectivity index (χ4v) is 4.34. The largest absolute Gasteiger partial charge is 0.416 e. The van der Waals surface area contributed by atoms with Crippen molar-refractivity contribution in [3.8, 4) is 0 Å². The summed E-state index contributed by atoms with van der Waals surface area (Å²) in [5, 5.41) is 16.3. The molecule has 188 valence electrons. The van der Waals surface area contributed by atoms with E-state index in [2.05, 4.69) is 5.32 Å². The predicted octanol–water partition coefficient (Wildman–Crippen LogP) is 5.92. The van der Waals surface area contributed by atoms with Crippen molar-refractivity contribution in [2.24, 2.45) is 0 Å². The summed E-state index contributed by atoms with van der Waals surface area (Å²) < 4.78 is 93.3. The zero-order valence-corrected chi connectivity index (χ0v) is 18.8.